The highest BCUT2D eigenvalue weighted by Gasteiger charge is 2.83. The van der Waals surface area contributed by atoms with Crippen LogP contribution in [0.3, 0.4) is 0 Å². The lowest BCUT2D eigenvalue weighted by atomic mass is 10.4. The maximum atomic E-state index is 2.71. The van der Waals surface area contributed by atoms with E-state index in [0.717, 1.165) is 44.3 Å². The van der Waals surface area contributed by atoms with Crippen molar-refractivity contribution >= 4 is 22.3 Å². The Kier molecular flexibility index (Phi) is 7.18. The van der Waals surface area contributed by atoms with Crippen molar-refractivity contribution in [2.45, 2.75) is 141 Å². The van der Waals surface area contributed by atoms with Gasteiger partial charge in [0.2, 0.25) is 0 Å². The molecule has 0 amide bonds. The summed E-state index contributed by atoms with van der Waals surface area (Å²) in [5.41, 5.74) is 7.79. The van der Waals surface area contributed by atoms with Gasteiger partial charge in [0.05, 0.1) is 22.3 Å². The average Bonchev–Trinajstić information content (AvgIpc) is 2.92. The maximum absolute atomic E-state index is 2.71. The highest BCUT2D eigenvalue weighted by molar-refractivity contribution is 7.75. The fourth-order valence-electron chi connectivity index (χ4n) is 9.59. The summed E-state index contributed by atoms with van der Waals surface area (Å²) in [6, 6.07) is 0. The molecule has 1 aliphatic rings. The molecule has 0 saturated carbocycles. The molecule has 1 heterocycles. The molecule has 1 fully saturated rings. The van der Waals surface area contributed by atoms with Crippen molar-refractivity contribution in [3.8, 4) is 0 Å². The molecule has 150 valence electrons. The highest BCUT2D eigenvalue weighted by Crippen LogP contribution is 2.76. The van der Waals surface area contributed by atoms with Crippen molar-refractivity contribution in [3.05, 3.63) is 0 Å². The Morgan fingerprint density at radius 2 is 0.600 bits per heavy atom. The van der Waals surface area contributed by atoms with E-state index in [4.69, 9.17) is 0 Å². The second-order valence-electron chi connectivity index (χ2n) is 11.2. The van der Waals surface area contributed by atoms with Crippen LogP contribution in [0.5, 0.6) is 0 Å². The maximum Gasteiger partial charge on any atom is 0.0534 e. The Labute approximate surface area is 163 Å². The largest absolute Gasteiger partial charge is 0.0654 e. The molecule has 0 spiro atoms. The van der Waals surface area contributed by atoms with Gasteiger partial charge in [-0.1, -0.05) is 141 Å². The van der Waals surface area contributed by atoms with Crippen molar-refractivity contribution in [2.24, 2.45) is 0 Å². The molecule has 0 N–H and O–H groups in total. The smallest absolute Gasteiger partial charge is 0.0534 e. The van der Waals surface area contributed by atoms with E-state index in [0.29, 0.717) is 0 Å². The van der Waals surface area contributed by atoms with Crippen LogP contribution in [-0.4, -0.2) is 22.3 Å². The summed E-state index contributed by atoms with van der Waals surface area (Å²) in [7, 11) is -4.11. The third-order valence-electron chi connectivity index (χ3n) is 9.24. The topological polar surface area (TPSA) is 0 Å². The first-order valence-electron chi connectivity index (χ1n) is 11.2. The van der Waals surface area contributed by atoms with Gasteiger partial charge in [-0.2, -0.15) is 0 Å². The van der Waals surface area contributed by atoms with E-state index in [9.17, 15) is 0 Å². The summed E-state index contributed by atoms with van der Waals surface area (Å²) < 4.78 is 0. The molecule has 3 heteroatoms. The van der Waals surface area contributed by atoms with Gasteiger partial charge in [0, 0.05) is 0 Å². The van der Waals surface area contributed by atoms with Crippen molar-refractivity contribution in [1.29, 1.82) is 0 Å². The van der Waals surface area contributed by atoms with Crippen LogP contribution in [0.15, 0.2) is 0 Å². The van der Waals surface area contributed by atoms with E-state index in [2.05, 4.69) is 96.9 Å². The molecule has 0 bridgehead atoms. The Hall–Kier alpha value is 0.651. The molecule has 25 heavy (non-hydrogen) atoms. The monoisotopic (exact) mass is 398 g/mol. The van der Waals surface area contributed by atoms with Crippen LogP contribution in [0.1, 0.15) is 96.9 Å². The van der Waals surface area contributed by atoms with Gasteiger partial charge < -0.3 is 0 Å². The zero-order chi connectivity index (χ0) is 20.1. The quantitative estimate of drug-likeness (QED) is 0.358. The summed E-state index contributed by atoms with van der Waals surface area (Å²) in [6.45, 7) is 37.1. The van der Waals surface area contributed by atoms with Crippen LogP contribution in [0, 0.1) is 0 Å². The molecular weight excluding hydrogens is 349 g/mol. The summed E-state index contributed by atoms with van der Waals surface area (Å²) in [4.78, 5) is 0. The van der Waals surface area contributed by atoms with Crippen LogP contribution in [0.2, 0.25) is 44.3 Å². The predicted molar refractivity (Wildman–Crippen MR) is 127 cm³/mol. The SMILES string of the molecule is CC(C)[Si](C(C)C)(C(C)C)[Si]1([Si](C(C)C)(C(C)C)C(C)C)[C@H](C)[C@@H]1C. The molecule has 0 aromatic heterocycles. The average molecular weight is 399 g/mol. The normalized spacial score (nSPS) is 24.5. The highest BCUT2D eigenvalue weighted by atomic mass is 29.6. The molecule has 1 rings (SSSR count). The fraction of sp³-hybridized carbons (Fsp3) is 1.00. The second-order valence-corrected chi connectivity index (χ2v) is 37.1. The summed E-state index contributed by atoms with van der Waals surface area (Å²) in [6.07, 6.45) is 0. The third-order valence-corrected chi connectivity index (χ3v) is 59.3. The number of hydrogen-bond donors (Lipinski definition) is 0. The minimum atomic E-state index is -1.39. The Morgan fingerprint density at radius 1 is 0.440 bits per heavy atom. The number of hydrogen-bond acceptors (Lipinski definition) is 0. The lowest BCUT2D eigenvalue weighted by Crippen LogP contribution is -2.77. The summed E-state index contributed by atoms with van der Waals surface area (Å²) in [5.74, 6) is 0. The van der Waals surface area contributed by atoms with Crippen LogP contribution < -0.4 is 0 Å². The standard InChI is InChI=1S/C22H50Si3/c1-15(2)23(16(3)4,17(5)6)25(21(13)22(25)14)24(18(7)8,19(9)10)20(11)12/h15-22H,1-14H3/t21-,22+. The fourth-order valence-corrected chi connectivity index (χ4v) is 84.0. The van der Waals surface area contributed by atoms with E-state index < -0.39 is 22.3 Å². The molecule has 0 aliphatic carbocycles. The van der Waals surface area contributed by atoms with Gasteiger partial charge in [-0.25, -0.2) is 0 Å². The van der Waals surface area contributed by atoms with Gasteiger partial charge in [0.15, 0.2) is 0 Å². The molecule has 2 atom stereocenters. The molecule has 0 nitrogen and oxygen atoms in total. The van der Waals surface area contributed by atoms with Crippen molar-refractivity contribution < 1.29 is 0 Å². The molecule has 0 unspecified atom stereocenters. The number of rotatable bonds is 8. The van der Waals surface area contributed by atoms with E-state index in [1.165, 1.54) is 0 Å². The van der Waals surface area contributed by atoms with Gasteiger partial charge in [0.1, 0.15) is 0 Å². The zero-order valence-corrected chi connectivity index (χ0v) is 23.1. The van der Waals surface area contributed by atoms with Crippen LogP contribution in [0.25, 0.3) is 0 Å². The van der Waals surface area contributed by atoms with E-state index in [1.54, 1.807) is 0 Å². The van der Waals surface area contributed by atoms with Crippen LogP contribution in [-0.2, 0) is 0 Å². The molecular formula is C22H50Si3. The van der Waals surface area contributed by atoms with Gasteiger partial charge >= 0.3 is 0 Å². The van der Waals surface area contributed by atoms with E-state index in [1.807, 2.05) is 0 Å². The van der Waals surface area contributed by atoms with Gasteiger partial charge in [0.25, 0.3) is 0 Å². The Balaban J connectivity index is 4.00. The first kappa shape index (κ1) is 23.7. The van der Waals surface area contributed by atoms with Gasteiger partial charge in [-0.3, -0.25) is 0 Å². The summed E-state index contributed by atoms with van der Waals surface area (Å²) >= 11 is 0. The predicted octanol–water partition coefficient (Wildman–Crippen LogP) is 8.74. The molecule has 1 aliphatic heterocycles. The minimum absolute atomic E-state index is 0.940. The third kappa shape index (κ3) is 2.68. The lowest BCUT2D eigenvalue weighted by Gasteiger charge is -2.61. The molecule has 0 radical (unpaired) electrons. The molecule has 0 aromatic rings. The zero-order valence-electron chi connectivity index (χ0n) is 20.1. The second kappa shape index (κ2) is 7.58. The van der Waals surface area contributed by atoms with Gasteiger partial charge in [-0.15, -0.1) is 0 Å². The van der Waals surface area contributed by atoms with Crippen LogP contribution in [0.4, 0.5) is 0 Å². The van der Waals surface area contributed by atoms with Crippen molar-refractivity contribution in [3.63, 3.8) is 0 Å². The van der Waals surface area contributed by atoms with E-state index in [-0.39, 0.29) is 0 Å². The van der Waals surface area contributed by atoms with Crippen molar-refractivity contribution in [1.82, 2.24) is 0 Å². The first-order valence-corrected chi connectivity index (χ1v) is 19.8. The Bertz CT molecular complexity index is 363. The molecule has 0 aromatic carbocycles. The lowest BCUT2D eigenvalue weighted by molar-refractivity contribution is 0.826. The van der Waals surface area contributed by atoms with Crippen LogP contribution >= 0.6 is 0 Å². The molecule has 1 saturated heterocycles. The van der Waals surface area contributed by atoms with E-state index >= 15 is 0 Å². The van der Waals surface area contributed by atoms with Crippen molar-refractivity contribution in [2.75, 3.05) is 0 Å². The van der Waals surface area contributed by atoms with Gasteiger partial charge in [-0.05, 0) is 0 Å². The minimum Gasteiger partial charge on any atom is -0.0654 e. The summed E-state index contributed by atoms with van der Waals surface area (Å²) in [5, 5.41) is 0. The first-order chi connectivity index (χ1) is 11.2. The Morgan fingerprint density at radius 3 is 0.680 bits per heavy atom.